The molecule has 0 spiro atoms. The fraction of sp³-hybridized carbons (Fsp3) is 0.444. The molecule has 0 aliphatic rings. The zero-order valence-corrected chi connectivity index (χ0v) is 14.4. The summed E-state index contributed by atoms with van der Waals surface area (Å²) in [6.45, 7) is 9.99. The van der Waals surface area contributed by atoms with Gasteiger partial charge in [0, 0.05) is 12.7 Å². The Morgan fingerprint density at radius 1 is 1.26 bits per heavy atom. The molecule has 2 aromatic rings. The van der Waals surface area contributed by atoms with Crippen molar-refractivity contribution in [1.82, 2.24) is 20.4 Å². The summed E-state index contributed by atoms with van der Waals surface area (Å²) in [6, 6.07) is 6.31. The molecule has 1 amide bonds. The Bertz CT molecular complexity index is 663. The van der Waals surface area contributed by atoms with E-state index in [-0.39, 0.29) is 11.9 Å². The molecule has 0 radical (unpaired) electrons. The molecule has 0 saturated carbocycles. The molecule has 124 valence electrons. The van der Waals surface area contributed by atoms with Crippen LogP contribution in [0, 0.1) is 20.8 Å². The van der Waals surface area contributed by atoms with Gasteiger partial charge in [-0.1, -0.05) is 18.2 Å². The van der Waals surface area contributed by atoms with Gasteiger partial charge in [-0.25, -0.2) is 0 Å². The second kappa shape index (κ2) is 7.92. The Kier molecular flexibility index (Phi) is 5.93. The number of aryl methyl sites for hydroxylation is 3. The number of aromatic nitrogens is 2. The summed E-state index contributed by atoms with van der Waals surface area (Å²) in [4.78, 5) is 12.0. The lowest BCUT2D eigenvalue weighted by Gasteiger charge is -2.16. The molecule has 23 heavy (non-hydrogen) atoms. The molecule has 0 aliphatic heterocycles. The zero-order valence-electron chi connectivity index (χ0n) is 14.4. The third kappa shape index (κ3) is 5.21. The number of benzene rings is 1. The second-order valence-corrected chi connectivity index (χ2v) is 6.09. The van der Waals surface area contributed by atoms with E-state index in [1.807, 2.05) is 30.9 Å². The zero-order chi connectivity index (χ0) is 16.8. The minimum Gasteiger partial charge on any atom is -0.348 e. The first-order valence-electron chi connectivity index (χ1n) is 8.02. The standard InChI is InChI=1S/C18H26N4O/c1-13-10-20-22(12-13)8-7-19-11-18(23)21-16(4)17-6-5-14(2)15(3)9-17/h5-6,9-10,12,16,19H,7-8,11H2,1-4H3,(H,21,23)/t16-/m0/s1. The number of nitrogens with one attached hydrogen (secondary N) is 2. The molecule has 1 heterocycles. The minimum atomic E-state index is 0.00683. The average Bonchev–Trinajstić information content (AvgIpc) is 2.92. The van der Waals surface area contributed by atoms with E-state index >= 15 is 0 Å². The van der Waals surface area contributed by atoms with Crippen LogP contribution in [0.2, 0.25) is 0 Å². The molecule has 0 fully saturated rings. The van der Waals surface area contributed by atoms with Gasteiger partial charge in [0.05, 0.1) is 25.3 Å². The van der Waals surface area contributed by atoms with Crippen molar-refractivity contribution >= 4 is 5.91 Å². The van der Waals surface area contributed by atoms with Gasteiger partial charge in [0.15, 0.2) is 0 Å². The highest BCUT2D eigenvalue weighted by atomic mass is 16.1. The van der Waals surface area contributed by atoms with Crippen molar-refractivity contribution in [3.05, 3.63) is 52.8 Å². The van der Waals surface area contributed by atoms with Crippen molar-refractivity contribution in [2.45, 2.75) is 40.3 Å². The lowest BCUT2D eigenvalue weighted by molar-refractivity contribution is -0.120. The largest absolute Gasteiger partial charge is 0.348 e. The van der Waals surface area contributed by atoms with Gasteiger partial charge in [-0.15, -0.1) is 0 Å². The Hall–Kier alpha value is -2.14. The van der Waals surface area contributed by atoms with E-state index in [1.165, 1.54) is 11.1 Å². The van der Waals surface area contributed by atoms with Gasteiger partial charge in [-0.2, -0.15) is 5.10 Å². The Labute approximate surface area is 138 Å². The summed E-state index contributed by atoms with van der Waals surface area (Å²) in [5.41, 5.74) is 4.79. The maximum Gasteiger partial charge on any atom is 0.234 e. The van der Waals surface area contributed by atoms with Gasteiger partial charge in [0.25, 0.3) is 0 Å². The van der Waals surface area contributed by atoms with E-state index in [1.54, 1.807) is 0 Å². The molecule has 5 heteroatoms. The van der Waals surface area contributed by atoms with Crippen LogP contribution in [-0.2, 0) is 11.3 Å². The monoisotopic (exact) mass is 314 g/mol. The molecular formula is C18H26N4O. The van der Waals surface area contributed by atoms with Gasteiger partial charge in [0.1, 0.15) is 0 Å². The molecule has 0 bridgehead atoms. The first kappa shape index (κ1) is 17.2. The molecule has 0 unspecified atom stereocenters. The topological polar surface area (TPSA) is 59.0 Å². The van der Waals surface area contributed by atoms with Gasteiger partial charge >= 0.3 is 0 Å². The molecule has 0 aliphatic carbocycles. The maximum absolute atomic E-state index is 12.0. The second-order valence-electron chi connectivity index (χ2n) is 6.09. The number of carbonyl (C=O) groups excluding carboxylic acids is 1. The van der Waals surface area contributed by atoms with Crippen molar-refractivity contribution in [3.8, 4) is 0 Å². The minimum absolute atomic E-state index is 0.00683. The van der Waals surface area contributed by atoms with E-state index in [9.17, 15) is 4.79 Å². The molecule has 0 saturated heterocycles. The first-order chi connectivity index (χ1) is 11.0. The van der Waals surface area contributed by atoms with E-state index < -0.39 is 0 Å². The predicted molar refractivity (Wildman–Crippen MR) is 92.3 cm³/mol. The number of nitrogens with zero attached hydrogens (tertiary/aromatic N) is 2. The van der Waals surface area contributed by atoms with Gasteiger partial charge < -0.3 is 10.6 Å². The van der Waals surface area contributed by atoms with Crippen LogP contribution in [0.5, 0.6) is 0 Å². The molecule has 1 atom stereocenters. The number of rotatable bonds is 7. The van der Waals surface area contributed by atoms with Crippen LogP contribution in [0.1, 0.15) is 35.2 Å². The van der Waals surface area contributed by atoms with Crippen molar-refractivity contribution in [3.63, 3.8) is 0 Å². The van der Waals surface area contributed by atoms with Crippen molar-refractivity contribution in [2.75, 3.05) is 13.1 Å². The van der Waals surface area contributed by atoms with Crippen LogP contribution in [0.25, 0.3) is 0 Å². The molecular weight excluding hydrogens is 288 g/mol. The van der Waals surface area contributed by atoms with Crippen LogP contribution in [0.3, 0.4) is 0 Å². The highest BCUT2D eigenvalue weighted by Crippen LogP contribution is 2.16. The predicted octanol–water partition coefficient (Wildman–Crippen LogP) is 2.28. The molecule has 5 nitrogen and oxygen atoms in total. The molecule has 1 aromatic heterocycles. The molecule has 2 N–H and O–H groups in total. The third-order valence-corrected chi connectivity index (χ3v) is 3.97. The Balaban J connectivity index is 1.72. The van der Waals surface area contributed by atoms with Gasteiger partial charge in [0.2, 0.25) is 5.91 Å². The lowest BCUT2D eigenvalue weighted by Crippen LogP contribution is -2.36. The van der Waals surface area contributed by atoms with E-state index in [0.717, 1.165) is 17.7 Å². The average molecular weight is 314 g/mol. The van der Waals surface area contributed by atoms with Crippen LogP contribution < -0.4 is 10.6 Å². The van der Waals surface area contributed by atoms with Crippen molar-refractivity contribution < 1.29 is 4.79 Å². The fourth-order valence-corrected chi connectivity index (χ4v) is 2.39. The number of amides is 1. The lowest BCUT2D eigenvalue weighted by atomic mass is 10.0. The third-order valence-electron chi connectivity index (χ3n) is 3.97. The van der Waals surface area contributed by atoms with Crippen molar-refractivity contribution in [1.29, 1.82) is 0 Å². The Morgan fingerprint density at radius 3 is 2.70 bits per heavy atom. The number of hydrogen-bond acceptors (Lipinski definition) is 3. The maximum atomic E-state index is 12.0. The smallest absolute Gasteiger partial charge is 0.234 e. The Morgan fingerprint density at radius 2 is 2.04 bits per heavy atom. The van der Waals surface area contributed by atoms with E-state index in [0.29, 0.717) is 13.1 Å². The number of hydrogen-bond donors (Lipinski definition) is 2. The first-order valence-corrected chi connectivity index (χ1v) is 8.02. The van der Waals surface area contributed by atoms with Crippen LogP contribution in [-0.4, -0.2) is 28.8 Å². The summed E-state index contributed by atoms with van der Waals surface area (Å²) in [5, 5.41) is 10.4. The summed E-state index contributed by atoms with van der Waals surface area (Å²) in [5.74, 6) is 0.00683. The van der Waals surface area contributed by atoms with E-state index in [4.69, 9.17) is 0 Å². The van der Waals surface area contributed by atoms with Gasteiger partial charge in [-0.05, 0) is 49.9 Å². The number of carbonyl (C=O) groups is 1. The highest BCUT2D eigenvalue weighted by molar-refractivity contribution is 5.78. The summed E-state index contributed by atoms with van der Waals surface area (Å²) < 4.78 is 1.87. The highest BCUT2D eigenvalue weighted by Gasteiger charge is 2.09. The molecule has 1 aromatic carbocycles. The van der Waals surface area contributed by atoms with Crippen LogP contribution in [0.15, 0.2) is 30.6 Å². The van der Waals surface area contributed by atoms with Crippen LogP contribution >= 0.6 is 0 Å². The van der Waals surface area contributed by atoms with Gasteiger partial charge in [-0.3, -0.25) is 9.48 Å². The summed E-state index contributed by atoms with van der Waals surface area (Å²) >= 11 is 0. The van der Waals surface area contributed by atoms with E-state index in [2.05, 4.69) is 47.8 Å². The summed E-state index contributed by atoms with van der Waals surface area (Å²) in [6.07, 6.45) is 3.82. The summed E-state index contributed by atoms with van der Waals surface area (Å²) in [7, 11) is 0. The fourth-order valence-electron chi connectivity index (χ4n) is 2.39. The normalized spacial score (nSPS) is 12.2. The van der Waals surface area contributed by atoms with Crippen molar-refractivity contribution in [2.24, 2.45) is 0 Å². The molecule has 2 rings (SSSR count). The van der Waals surface area contributed by atoms with Crippen LogP contribution in [0.4, 0.5) is 0 Å². The quantitative estimate of drug-likeness (QED) is 0.771. The SMILES string of the molecule is Cc1cnn(CCNCC(=O)N[C@@H](C)c2ccc(C)c(C)c2)c1.